The van der Waals surface area contributed by atoms with Crippen LogP contribution in [0.4, 0.5) is 0 Å². The zero-order chi connectivity index (χ0) is 19.4. The van der Waals surface area contributed by atoms with Crippen molar-refractivity contribution in [3.8, 4) is 11.1 Å². The molecule has 144 valence electrons. The van der Waals surface area contributed by atoms with Gasteiger partial charge in [0.2, 0.25) is 0 Å². The van der Waals surface area contributed by atoms with E-state index in [1.165, 1.54) is 30.4 Å². The Kier molecular flexibility index (Phi) is 4.53. The van der Waals surface area contributed by atoms with E-state index in [1.807, 2.05) is 0 Å². The first-order valence-electron chi connectivity index (χ1n) is 11.1. The molecule has 0 heterocycles. The molecule has 1 spiro atoms. The van der Waals surface area contributed by atoms with E-state index >= 15 is 0 Å². The van der Waals surface area contributed by atoms with E-state index < -0.39 is 0 Å². The Bertz CT molecular complexity index is 784. The number of hydrogen-bond donors (Lipinski definition) is 0. The second-order valence-corrected chi connectivity index (χ2v) is 9.73. The van der Waals surface area contributed by atoms with Crippen molar-refractivity contribution in [3.05, 3.63) is 59.7 Å². The number of fused-ring (bicyclic) bond motifs is 5. The molecule has 2 aliphatic rings. The lowest BCUT2D eigenvalue weighted by molar-refractivity contribution is 0.0764. The quantitative estimate of drug-likeness (QED) is 0.524. The van der Waals surface area contributed by atoms with Crippen LogP contribution >= 0.6 is 0 Å². The maximum Gasteiger partial charge on any atom is 0.0304 e. The number of benzene rings is 2. The smallest absolute Gasteiger partial charge is 0.0304 e. The number of rotatable bonds is 4. The van der Waals surface area contributed by atoms with E-state index in [2.05, 4.69) is 90.1 Å². The first kappa shape index (κ1) is 18.8. The van der Waals surface area contributed by atoms with Crippen LogP contribution in [-0.4, -0.2) is 0 Å². The molecule has 4 atom stereocenters. The van der Waals surface area contributed by atoms with Crippen molar-refractivity contribution in [2.45, 2.75) is 66.2 Å². The molecule has 0 saturated heterocycles. The largest absolute Gasteiger partial charge is 0.0654 e. The molecular weight excluding hydrogens is 324 g/mol. The highest BCUT2D eigenvalue weighted by molar-refractivity contribution is 5.82. The van der Waals surface area contributed by atoms with Gasteiger partial charge in [-0.15, -0.1) is 0 Å². The third-order valence-electron chi connectivity index (χ3n) is 8.84. The molecule has 27 heavy (non-hydrogen) atoms. The van der Waals surface area contributed by atoms with Gasteiger partial charge in [-0.2, -0.15) is 0 Å². The Balaban J connectivity index is 2.10. The zero-order valence-corrected chi connectivity index (χ0v) is 18.0. The minimum Gasteiger partial charge on any atom is -0.0654 e. The van der Waals surface area contributed by atoms with Crippen LogP contribution in [0.2, 0.25) is 0 Å². The molecule has 2 aliphatic carbocycles. The van der Waals surface area contributed by atoms with Gasteiger partial charge in [0.15, 0.2) is 0 Å². The van der Waals surface area contributed by atoms with Gasteiger partial charge in [0.05, 0.1) is 0 Å². The standard InChI is InChI=1S/C27H36/c1-7-8-15-23-19(4)20(5)26(6,18(2)3)27(23)24-16-11-9-13-21(24)22-14-10-12-17-25(22)27/h9-14,16-20,23H,7-8,15H2,1-6H3/t19-,20-,23+,26+/m1/s1. The molecule has 0 N–H and O–H groups in total. The van der Waals surface area contributed by atoms with E-state index in [0.29, 0.717) is 17.8 Å². The van der Waals surface area contributed by atoms with Crippen molar-refractivity contribution >= 4 is 0 Å². The molecule has 1 saturated carbocycles. The fourth-order valence-electron chi connectivity index (χ4n) is 7.18. The van der Waals surface area contributed by atoms with Crippen LogP contribution in [0, 0.1) is 29.1 Å². The molecule has 0 nitrogen and oxygen atoms in total. The van der Waals surface area contributed by atoms with Gasteiger partial charge in [-0.3, -0.25) is 0 Å². The van der Waals surface area contributed by atoms with Gasteiger partial charge < -0.3 is 0 Å². The predicted octanol–water partition coefficient (Wildman–Crippen LogP) is 7.71. The monoisotopic (exact) mass is 360 g/mol. The second kappa shape index (κ2) is 6.50. The second-order valence-electron chi connectivity index (χ2n) is 9.73. The highest BCUT2D eigenvalue weighted by Crippen LogP contribution is 2.73. The van der Waals surface area contributed by atoms with Gasteiger partial charge >= 0.3 is 0 Å². The van der Waals surface area contributed by atoms with Crippen molar-refractivity contribution < 1.29 is 0 Å². The van der Waals surface area contributed by atoms with E-state index in [1.54, 1.807) is 11.1 Å². The fraction of sp³-hybridized carbons (Fsp3) is 0.556. The molecule has 0 amide bonds. The molecule has 1 fully saturated rings. The van der Waals surface area contributed by atoms with Crippen molar-refractivity contribution in [1.82, 2.24) is 0 Å². The zero-order valence-electron chi connectivity index (χ0n) is 18.0. The minimum absolute atomic E-state index is 0.141. The van der Waals surface area contributed by atoms with Crippen LogP contribution in [0.25, 0.3) is 11.1 Å². The van der Waals surface area contributed by atoms with E-state index in [0.717, 1.165) is 5.92 Å². The van der Waals surface area contributed by atoms with Crippen molar-refractivity contribution in [1.29, 1.82) is 0 Å². The van der Waals surface area contributed by atoms with Gasteiger partial charge in [-0.05, 0) is 57.8 Å². The molecule has 2 aromatic rings. The third-order valence-corrected chi connectivity index (χ3v) is 8.84. The summed E-state index contributed by atoms with van der Waals surface area (Å²) in [6.07, 6.45) is 3.96. The van der Waals surface area contributed by atoms with E-state index in [-0.39, 0.29) is 10.8 Å². The summed E-state index contributed by atoms with van der Waals surface area (Å²) in [5.41, 5.74) is 6.60. The molecule has 0 aliphatic heterocycles. The average molecular weight is 361 g/mol. The molecule has 0 unspecified atom stereocenters. The Labute approximate surface area is 166 Å². The summed E-state index contributed by atoms with van der Waals surface area (Å²) < 4.78 is 0. The van der Waals surface area contributed by atoms with Crippen LogP contribution < -0.4 is 0 Å². The first-order valence-corrected chi connectivity index (χ1v) is 11.1. The highest BCUT2D eigenvalue weighted by atomic mass is 14.7. The number of hydrogen-bond acceptors (Lipinski definition) is 0. The summed E-state index contributed by atoms with van der Waals surface area (Å²) in [5, 5.41) is 0. The van der Waals surface area contributed by atoms with Gasteiger partial charge in [-0.1, -0.05) is 103 Å². The van der Waals surface area contributed by atoms with Crippen LogP contribution in [0.15, 0.2) is 48.5 Å². The van der Waals surface area contributed by atoms with Crippen LogP contribution in [0.3, 0.4) is 0 Å². The summed E-state index contributed by atoms with van der Waals surface area (Å²) in [6, 6.07) is 18.7. The van der Waals surface area contributed by atoms with Gasteiger partial charge in [0, 0.05) is 5.41 Å². The summed E-state index contributed by atoms with van der Waals surface area (Å²) >= 11 is 0. The molecule has 0 heteroatoms. The summed E-state index contributed by atoms with van der Waals surface area (Å²) in [6.45, 7) is 15.0. The summed E-state index contributed by atoms with van der Waals surface area (Å²) in [7, 11) is 0. The average Bonchev–Trinajstić information content (AvgIpc) is 3.07. The Hall–Kier alpha value is -1.56. The highest BCUT2D eigenvalue weighted by Gasteiger charge is 2.68. The maximum atomic E-state index is 2.61. The van der Waals surface area contributed by atoms with Crippen LogP contribution in [-0.2, 0) is 5.41 Å². The lowest BCUT2D eigenvalue weighted by Crippen LogP contribution is -2.48. The molecule has 0 radical (unpaired) electrons. The van der Waals surface area contributed by atoms with E-state index in [9.17, 15) is 0 Å². The Morgan fingerprint density at radius 3 is 1.89 bits per heavy atom. The van der Waals surface area contributed by atoms with Crippen LogP contribution in [0.5, 0.6) is 0 Å². The topological polar surface area (TPSA) is 0 Å². The van der Waals surface area contributed by atoms with Crippen LogP contribution in [0.1, 0.15) is 71.9 Å². The first-order chi connectivity index (χ1) is 12.9. The molecular formula is C27H36. The van der Waals surface area contributed by atoms with Gasteiger partial charge in [0.1, 0.15) is 0 Å². The maximum absolute atomic E-state index is 2.61. The molecule has 0 bridgehead atoms. The van der Waals surface area contributed by atoms with Gasteiger partial charge in [-0.25, -0.2) is 0 Å². The predicted molar refractivity (Wildman–Crippen MR) is 117 cm³/mol. The lowest BCUT2D eigenvalue weighted by Gasteiger charge is -2.51. The number of unbranched alkanes of at least 4 members (excludes halogenated alkanes) is 1. The lowest BCUT2D eigenvalue weighted by atomic mass is 9.52. The fourth-order valence-corrected chi connectivity index (χ4v) is 7.18. The Morgan fingerprint density at radius 2 is 1.41 bits per heavy atom. The minimum atomic E-state index is 0.141. The van der Waals surface area contributed by atoms with Crippen molar-refractivity contribution in [2.75, 3.05) is 0 Å². The molecule has 2 aromatic carbocycles. The van der Waals surface area contributed by atoms with Crippen molar-refractivity contribution in [3.63, 3.8) is 0 Å². The summed E-state index contributed by atoms with van der Waals surface area (Å²) in [5.74, 6) is 2.80. The summed E-state index contributed by atoms with van der Waals surface area (Å²) in [4.78, 5) is 0. The van der Waals surface area contributed by atoms with Crippen molar-refractivity contribution in [2.24, 2.45) is 29.1 Å². The third kappa shape index (κ3) is 2.16. The normalized spacial score (nSPS) is 30.7. The van der Waals surface area contributed by atoms with E-state index in [4.69, 9.17) is 0 Å². The Morgan fingerprint density at radius 1 is 0.889 bits per heavy atom. The molecule has 0 aromatic heterocycles. The SMILES string of the molecule is CCCC[C@H]1[C@H](C)[C@@H](C)[C@](C)(C(C)C)C12c1ccccc1-c1ccccc12. The molecule has 4 rings (SSSR count). The van der Waals surface area contributed by atoms with Gasteiger partial charge in [0.25, 0.3) is 0 Å².